The second kappa shape index (κ2) is 10.1. The summed E-state index contributed by atoms with van der Waals surface area (Å²) in [4.78, 5) is 14.4. The van der Waals surface area contributed by atoms with Gasteiger partial charge in [0.05, 0.1) is 13.7 Å². The van der Waals surface area contributed by atoms with Gasteiger partial charge in [0, 0.05) is 26.1 Å². The maximum Gasteiger partial charge on any atom is 0.306 e. The molecule has 3 rings (SSSR count). The van der Waals surface area contributed by atoms with Gasteiger partial charge in [-0.25, -0.2) is 0 Å². The van der Waals surface area contributed by atoms with E-state index in [0.717, 1.165) is 30.9 Å². The number of carbonyl (C=O) groups excluding carboxylic acids is 1. The topological polar surface area (TPSA) is 48.0 Å². The molecule has 0 N–H and O–H groups in total. The minimum absolute atomic E-state index is 0.0626. The number of benzene rings is 2. The van der Waals surface area contributed by atoms with Gasteiger partial charge in [-0.15, -0.1) is 0 Å². The van der Waals surface area contributed by atoms with Gasteiger partial charge in [0.15, 0.2) is 0 Å². The lowest BCUT2D eigenvalue weighted by molar-refractivity contribution is -0.150. The van der Waals surface area contributed by atoms with Gasteiger partial charge in [0.25, 0.3) is 0 Å². The third kappa shape index (κ3) is 6.38. The van der Waals surface area contributed by atoms with E-state index in [1.165, 1.54) is 5.56 Å². The molecule has 2 aromatic rings. The zero-order valence-electron chi connectivity index (χ0n) is 15.8. The Morgan fingerprint density at radius 3 is 2.63 bits per heavy atom. The molecule has 144 valence electrons. The van der Waals surface area contributed by atoms with E-state index in [9.17, 15) is 4.79 Å². The van der Waals surface area contributed by atoms with Gasteiger partial charge >= 0.3 is 5.97 Å². The van der Waals surface area contributed by atoms with Gasteiger partial charge in [0.1, 0.15) is 18.5 Å². The Hall–Kier alpha value is -2.37. The van der Waals surface area contributed by atoms with Crippen LogP contribution in [0.3, 0.4) is 0 Å². The first kappa shape index (κ1) is 19.4. The summed E-state index contributed by atoms with van der Waals surface area (Å²) in [5.74, 6) is 0.630. The zero-order chi connectivity index (χ0) is 18.9. The van der Waals surface area contributed by atoms with Gasteiger partial charge in [-0.1, -0.05) is 42.5 Å². The molecule has 0 bridgehead atoms. The van der Waals surface area contributed by atoms with Gasteiger partial charge < -0.3 is 14.2 Å². The monoisotopic (exact) mass is 369 g/mol. The summed E-state index contributed by atoms with van der Waals surface area (Å²) in [6, 6.07) is 18.1. The van der Waals surface area contributed by atoms with Crippen LogP contribution in [0.1, 0.15) is 17.5 Å². The average Bonchev–Trinajstić information content (AvgIpc) is 2.72. The Kier molecular flexibility index (Phi) is 7.25. The SMILES string of the molecule is COc1ccc(CCC(=O)OCC2CN(Cc3ccccc3)CCO2)cc1. The number of hydrogen-bond donors (Lipinski definition) is 0. The van der Waals surface area contributed by atoms with Crippen molar-refractivity contribution in [2.75, 3.05) is 33.4 Å². The van der Waals surface area contributed by atoms with Crippen LogP contribution in [0, 0.1) is 0 Å². The van der Waals surface area contributed by atoms with Crippen LogP contribution >= 0.6 is 0 Å². The molecule has 0 radical (unpaired) electrons. The Morgan fingerprint density at radius 2 is 1.89 bits per heavy atom. The summed E-state index contributed by atoms with van der Waals surface area (Å²) in [5.41, 5.74) is 2.38. The molecule has 0 amide bonds. The van der Waals surface area contributed by atoms with Crippen molar-refractivity contribution in [3.8, 4) is 5.75 Å². The van der Waals surface area contributed by atoms with E-state index >= 15 is 0 Å². The van der Waals surface area contributed by atoms with Gasteiger partial charge in [-0.05, 0) is 29.7 Å². The average molecular weight is 369 g/mol. The van der Waals surface area contributed by atoms with Crippen molar-refractivity contribution in [3.63, 3.8) is 0 Å². The van der Waals surface area contributed by atoms with Crippen LogP contribution in [0.4, 0.5) is 0 Å². The molecule has 1 fully saturated rings. The molecule has 1 unspecified atom stereocenters. The number of hydrogen-bond acceptors (Lipinski definition) is 5. The van der Waals surface area contributed by atoms with Crippen molar-refractivity contribution in [1.82, 2.24) is 4.90 Å². The highest BCUT2D eigenvalue weighted by Crippen LogP contribution is 2.14. The fourth-order valence-corrected chi connectivity index (χ4v) is 3.16. The normalized spacial score (nSPS) is 17.4. The molecule has 5 nitrogen and oxygen atoms in total. The van der Waals surface area contributed by atoms with Crippen molar-refractivity contribution in [1.29, 1.82) is 0 Å². The Balaban J connectivity index is 1.37. The van der Waals surface area contributed by atoms with Crippen LogP contribution in [0.5, 0.6) is 5.75 Å². The molecule has 2 aromatic carbocycles. The molecule has 1 saturated heterocycles. The van der Waals surface area contributed by atoms with Gasteiger partial charge in [-0.3, -0.25) is 9.69 Å². The molecular formula is C22H27NO4. The maximum atomic E-state index is 12.0. The Morgan fingerprint density at radius 1 is 1.11 bits per heavy atom. The van der Waals surface area contributed by atoms with Crippen molar-refractivity contribution < 1.29 is 19.0 Å². The van der Waals surface area contributed by atoms with Crippen molar-refractivity contribution in [3.05, 3.63) is 65.7 Å². The number of esters is 1. The lowest BCUT2D eigenvalue weighted by Gasteiger charge is -2.32. The van der Waals surface area contributed by atoms with Crippen molar-refractivity contribution in [2.24, 2.45) is 0 Å². The first-order chi connectivity index (χ1) is 13.2. The summed E-state index contributed by atoms with van der Waals surface area (Å²) in [6.07, 6.45) is 0.966. The second-order valence-corrected chi connectivity index (χ2v) is 6.74. The molecule has 5 heteroatoms. The number of morpholine rings is 1. The molecule has 1 aliphatic rings. The van der Waals surface area contributed by atoms with Crippen LogP contribution in [0.2, 0.25) is 0 Å². The van der Waals surface area contributed by atoms with E-state index in [1.54, 1.807) is 7.11 Å². The highest BCUT2D eigenvalue weighted by Gasteiger charge is 2.21. The van der Waals surface area contributed by atoms with E-state index in [1.807, 2.05) is 30.3 Å². The third-order valence-electron chi connectivity index (χ3n) is 4.68. The van der Waals surface area contributed by atoms with Crippen LogP contribution in [-0.4, -0.2) is 50.4 Å². The molecule has 27 heavy (non-hydrogen) atoms. The minimum Gasteiger partial charge on any atom is -0.497 e. The van der Waals surface area contributed by atoms with Crippen LogP contribution < -0.4 is 4.74 Å². The molecular weight excluding hydrogens is 342 g/mol. The van der Waals surface area contributed by atoms with Crippen molar-refractivity contribution >= 4 is 5.97 Å². The van der Waals surface area contributed by atoms with Gasteiger partial charge in [-0.2, -0.15) is 0 Å². The summed E-state index contributed by atoms with van der Waals surface area (Å²) in [7, 11) is 1.64. The predicted molar refractivity (Wildman–Crippen MR) is 104 cm³/mol. The lowest BCUT2D eigenvalue weighted by atomic mass is 10.1. The summed E-state index contributed by atoms with van der Waals surface area (Å²) in [6.45, 7) is 3.55. The Bertz CT molecular complexity index is 702. The molecule has 0 aliphatic carbocycles. The first-order valence-corrected chi connectivity index (χ1v) is 9.39. The van der Waals surface area contributed by atoms with E-state index < -0.39 is 0 Å². The third-order valence-corrected chi connectivity index (χ3v) is 4.68. The summed E-state index contributed by atoms with van der Waals surface area (Å²) in [5, 5.41) is 0. The van der Waals surface area contributed by atoms with E-state index in [4.69, 9.17) is 14.2 Å². The van der Waals surface area contributed by atoms with Crippen LogP contribution in [0.15, 0.2) is 54.6 Å². The quantitative estimate of drug-likeness (QED) is 0.670. The highest BCUT2D eigenvalue weighted by atomic mass is 16.6. The number of ether oxygens (including phenoxy) is 3. The second-order valence-electron chi connectivity index (χ2n) is 6.74. The number of rotatable bonds is 8. The molecule has 1 aliphatic heterocycles. The smallest absolute Gasteiger partial charge is 0.306 e. The van der Waals surface area contributed by atoms with Crippen molar-refractivity contribution in [2.45, 2.75) is 25.5 Å². The fraction of sp³-hybridized carbons (Fsp3) is 0.409. The molecule has 1 heterocycles. The first-order valence-electron chi connectivity index (χ1n) is 9.39. The lowest BCUT2D eigenvalue weighted by Crippen LogP contribution is -2.44. The highest BCUT2D eigenvalue weighted by molar-refractivity contribution is 5.69. The number of aryl methyl sites for hydroxylation is 1. The summed E-state index contributed by atoms with van der Waals surface area (Å²) < 4.78 is 16.3. The van der Waals surface area contributed by atoms with Gasteiger partial charge in [0.2, 0.25) is 0 Å². The number of nitrogens with zero attached hydrogens (tertiary/aromatic N) is 1. The molecule has 1 atom stereocenters. The molecule has 0 saturated carbocycles. The summed E-state index contributed by atoms with van der Waals surface area (Å²) >= 11 is 0. The molecule has 0 aromatic heterocycles. The number of carbonyl (C=O) groups is 1. The maximum absolute atomic E-state index is 12.0. The van der Waals surface area contributed by atoms with E-state index in [2.05, 4.69) is 29.2 Å². The minimum atomic E-state index is -0.186. The van der Waals surface area contributed by atoms with E-state index in [-0.39, 0.29) is 12.1 Å². The van der Waals surface area contributed by atoms with Crippen LogP contribution in [-0.2, 0) is 27.2 Å². The van der Waals surface area contributed by atoms with E-state index in [0.29, 0.717) is 26.1 Å². The fourth-order valence-electron chi connectivity index (χ4n) is 3.16. The Labute approximate surface area is 160 Å². The largest absolute Gasteiger partial charge is 0.497 e. The standard InChI is InChI=1S/C22H27NO4/c1-25-20-10-7-18(8-11-20)9-12-22(24)27-17-21-16-23(13-14-26-21)15-19-5-3-2-4-6-19/h2-8,10-11,21H,9,12-17H2,1H3. The zero-order valence-corrected chi connectivity index (χ0v) is 15.8. The number of methoxy groups -OCH3 is 1. The molecule has 0 spiro atoms. The predicted octanol–water partition coefficient (Wildman–Crippen LogP) is 3.07. The van der Waals surface area contributed by atoms with Crippen LogP contribution in [0.25, 0.3) is 0 Å².